The van der Waals surface area contributed by atoms with Crippen molar-refractivity contribution in [1.82, 2.24) is 9.55 Å². The maximum Gasteiger partial charge on any atom is 0.358 e. The van der Waals surface area contributed by atoms with Crippen LogP contribution in [0.4, 0.5) is 5.82 Å². The molecule has 5 nitrogen and oxygen atoms in total. The maximum absolute atomic E-state index is 11.6. The normalized spacial score (nSPS) is 10.2. The second-order valence-corrected chi connectivity index (χ2v) is 3.68. The zero-order chi connectivity index (χ0) is 12.4. The van der Waals surface area contributed by atoms with Crippen LogP contribution in [0.1, 0.15) is 16.1 Å². The molecular formula is C12H13N3O2. The Labute approximate surface area is 98.8 Å². The minimum atomic E-state index is -0.499. The van der Waals surface area contributed by atoms with Crippen LogP contribution >= 0.6 is 0 Å². The molecule has 2 N–H and O–H groups in total. The van der Waals surface area contributed by atoms with E-state index in [-0.39, 0.29) is 11.5 Å². The van der Waals surface area contributed by atoms with Crippen molar-refractivity contribution in [3.05, 3.63) is 41.9 Å². The average molecular weight is 231 g/mol. The molecule has 1 heterocycles. The zero-order valence-electron chi connectivity index (χ0n) is 9.68. The number of anilines is 1. The van der Waals surface area contributed by atoms with Gasteiger partial charge in [-0.05, 0) is 19.1 Å². The molecular weight excluding hydrogens is 218 g/mol. The number of hydrogen-bond acceptors (Lipinski definition) is 4. The Morgan fingerprint density at radius 2 is 2.00 bits per heavy atom. The fraction of sp³-hybridized carbons (Fsp3) is 0.167. The lowest BCUT2D eigenvalue weighted by Gasteiger charge is -2.07. The molecule has 0 aliphatic rings. The van der Waals surface area contributed by atoms with Gasteiger partial charge >= 0.3 is 5.97 Å². The molecule has 1 aromatic carbocycles. The van der Waals surface area contributed by atoms with Crippen LogP contribution in [0, 0.1) is 6.92 Å². The molecule has 0 amide bonds. The molecule has 5 heteroatoms. The van der Waals surface area contributed by atoms with E-state index in [1.54, 1.807) is 4.57 Å². The third-order valence-corrected chi connectivity index (χ3v) is 2.49. The smallest absolute Gasteiger partial charge is 0.358 e. The number of imidazole rings is 1. The Hall–Kier alpha value is -2.30. The first-order valence-electron chi connectivity index (χ1n) is 5.11. The van der Waals surface area contributed by atoms with E-state index in [1.807, 2.05) is 31.2 Å². The molecule has 0 unspecified atom stereocenters. The van der Waals surface area contributed by atoms with Crippen LogP contribution < -0.4 is 5.73 Å². The molecule has 17 heavy (non-hydrogen) atoms. The van der Waals surface area contributed by atoms with Gasteiger partial charge < -0.3 is 10.5 Å². The first-order chi connectivity index (χ1) is 8.13. The number of rotatable bonds is 2. The minimum Gasteiger partial charge on any atom is -0.464 e. The Bertz CT molecular complexity index is 543. The molecule has 0 aliphatic heterocycles. The van der Waals surface area contributed by atoms with Gasteiger partial charge in [-0.3, -0.25) is 4.57 Å². The zero-order valence-corrected chi connectivity index (χ0v) is 9.68. The SMILES string of the molecule is COC(=O)c1c(N)ncn1-c1ccc(C)cc1. The highest BCUT2D eigenvalue weighted by atomic mass is 16.5. The number of carbonyl (C=O) groups excluding carboxylic acids is 1. The van der Waals surface area contributed by atoms with Crippen LogP contribution in [0.2, 0.25) is 0 Å². The van der Waals surface area contributed by atoms with E-state index in [9.17, 15) is 4.79 Å². The highest BCUT2D eigenvalue weighted by Crippen LogP contribution is 2.17. The lowest BCUT2D eigenvalue weighted by molar-refractivity contribution is 0.0593. The third kappa shape index (κ3) is 1.99. The number of carbonyl (C=O) groups is 1. The van der Waals surface area contributed by atoms with Gasteiger partial charge in [0.25, 0.3) is 0 Å². The number of nitrogens with two attached hydrogens (primary N) is 1. The maximum atomic E-state index is 11.6. The second kappa shape index (κ2) is 4.29. The summed E-state index contributed by atoms with van der Waals surface area (Å²) in [6, 6.07) is 7.69. The Kier molecular flexibility index (Phi) is 2.82. The van der Waals surface area contributed by atoms with Crippen molar-refractivity contribution in [3.8, 4) is 5.69 Å². The van der Waals surface area contributed by atoms with E-state index in [0.717, 1.165) is 11.3 Å². The van der Waals surface area contributed by atoms with Crippen molar-refractivity contribution in [2.45, 2.75) is 6.92 Å². The fourth-order valence-corrected chi connectivity index (χ4v) is 1.56. The molecule has 0 saturated heterocycles. The Morgan fingerprint density at radius 1 is 1.35 bits per heavy atom. The van der Waals surface area contributed by atoms with Crippen molar-refractivity contribution in [2.75, 3.05) is 12.8 Å². The highest BCUT2D eigenvalue weighted by Gasteiger charge is 2.18. The largest absolute Gasteiger partial charge is 0.464 e. The summed E-state index contributed by atoms with van der Waals surface area (Å²) in [5.41, 5.74) is 7.86. The summed E-state index contributed by atoms with van der Waals surface area (Å²) < 4.78 is 6.29. The van der Waals surface area contributed by atoms with Gasteiger partial charge in [0.2, 0.25) is 0 Å². The number of aromatic nitrogens is 2. The minimum absolute atomic E-state index is 0.164. The van der Waals surface area contributed by atoms with Gasteiger partial charge in [-0.25, -0.2) is 9.78 Å². The number of nitrogen functional groups attached to an aromatic ring is 1. The van der Waals surface area contributed by atoms with E-state index in [4.69, 9.17) is 5.73 Å². The van der Waals surface area contributed by atoms with Gasteiger partial charge in [0, 0.05) is 5.69 Å². The lowest BCUT2D eigenvalue weighted by atomic mass is 10.2. The van der Waals surface area contributed by atoms with E-state index in [0.29, 0.717) is 0 Å². The molecule has 0 fully saturated rings. The summed E-state index contributed by atoms with van der Waals surface area (Å²) >= 11 is 0. The first-order valence-corrected chi connectivity index (χ1v) is 5.11. The van der Waals surface area contributed by atoms with Gasteiger partial charge in [-0.2, -0.15) is 0 Å². The van der Waals surface area contributed by atoms with Gasteiger partial charge in [-0.15, -0.1) is 0 Å². The van der Waals surface area contributed by atoms with Crippen molar-refractivity contribution in [3.63, 3.8) is 0 Å². The molecule has 88 valence electrons. The predicted octanol–water partition coefficient (Wildman–Crippen LogP) is 1.55. The Morgan fingerprint density at radius 3 is 2.59 bits per heavy atom. The molecule has 0 spiro atoms. The van der Waals surface area contributed by atoms with E-state index < -0.39 is 5.97 Å². The molecule has 0 saturated carbocycles. The Balaban J connectivity index is 2.52. The monoisotopic (exact) mass is 231 g/mol. The number of benzene rings is 1. The van der Waals surface area contributed by atoms with Gasteiger partial charge in [0.05, 0.1) is 7.11 Å². The third-order valence-electron chi connectivity index (χ3n) is 2.49. The van der Waals surface area contributed by atoms with E-state index in [1.165, 1.54) is 13.4 Å². The summed E-state index contributed by atoms with van der Waals surface area (Å²) in [5.74, 6) is -0.335. The molecule has 0 bridgehead atoms. The average Bonchev–Trinajstić information content (AvgIpc) is 2.71. The number of esters is 1. The highest BCUT2D eigenvalue weighted by molar-refractivity contribution is 5.93. The van der Waals surface area contributed by atoms with Crippen molar-refractivity contribution >= 4 is 11.8 Å². The lowest BCUT2D eigenvalue weighted by Crippen LogP contribution is -2.11. The van der Waals surface area contributed by atoms with E-state index >= 15 is 0 Å². The van der Waals surface area contributed by atoms with Crippen molar-refractivity contribution in [2.24, 2.45) is 0 Å². The van der Waals surface area contributed by atoms with Crippen LogP contribution in [-0.2, 0) is 4.74 Å². The molecule has 2 rings (SSSR count). The number of aryl methyl sites for hydroxylation is 1. The number of nitrogens with zero attached hydrogens (tertiary/aromatic N) is 2. The van der Waals surface area contributed by atoms with Crippen LogP contribution in [-0.4, -0.2) is 22.6 Å². The molecule has 2 aromatic rings. The van der Waals surface area contributed by atoms with Gasteiger partial charge in [0.1, 0.15) is 6.33 Å². The van der Waals surface area contributed by atoms with Gasteiger partial charge in [-0.1, -0.05) is 17.7 Å². The second-order valence-electron chi connectivity index (χ2n) is 3.68. The molecule has 0 radical (unpaired) electrons. The summed E-state index contributed by atoms with van der Waals surface area (Å²) in [5, 5.41) is 0. The number of ether oxygens (including phenoxy) is 1. The number of hydrogen-bond donors (Lipinski definition) is 1. The standard InChI is InChI=1S/C12H13N3O2/c1-8-3-5-9(6-4-8)15-7-14-11(13)10(15)12(16)17-2/h3-7H,13H2,1-2H3. The van der Waals surface area contributed by atoms with E-state index in [2.05, 4.69) is 9.72 Å². The van der Waals surface area contributed by atoms with Crippen molar-refractivity contribution in [1.29, 1.82) is 0 Å². The summed E-state index contributed by atoms with van der Waals surface area (Å²) in [6.45, 7) is 1.99. The topological polar surface area (TPSA) is 70.1 Å². The summed E-state index contributed by atoms with van der Waals surface area (Å²) in [6.07, 6.45) is 1.51. The summed E-state index contributed by atoms with van der Waals surface area (Å²) in [4.78, 5) is 15.5. The van der Waals surface area contributed by atoms with Gasteiger partial charge in [0.15, 0.2) is 11.5 Å². The van der Waals surface area contributed by atoms with Crippen LogP contribution in [0.5, 0.6) is 0 Å². The van der Waals surface area contributed by atoms with Crippen molar-refractivity contribution < 1.29 is 9.53 Å². The first kappa shape index (κ1) is 11.2. The molecule has 0 atom stereocenters. The molecule has 0 aliphatic carbocycles. The number of methoxy groups -OCH3 is 1. The van der Waals surface area contributed by atoms with Crippen LogP contribution in [0.25, 0.3) is 5.69 Å². The predicted molar refractivity (Wildman–Crippen MR) is 64.1 cm³/mol. The molecule has 1 aromatic heterocycles. The fourth-order valence-electron chi connectivity index (χ4n) is 1.56. The van der Waals surface area contributed by atoms with Crippen LogP contribution in [0.15, 0.2) is 30.6 Å². The summed E-state index contributed by atoms with van der Waals surface area (Å²) in [7, 11) is 1.31. The van der Waals surface area contributed by atoms with Crippen LogP contribution in [0.3, 0.4) is 0 Å². The quantitative estimate of drug-likeness (QED) is 0.796.